The molecular formula is C30H36N8O4. The van der Waals surface area contributed by atoms with Crippen LogP contribution >= 0.6 is 0 Å². The lowest BCUT2D eigenvalue weighted by atomic mass is 10.0. The monoisotopic (exact) mass is 572 g/mol. The van der Waals surface area contributed by atoms with Gasteiger partial charge in [0.05, 0.1) is 34.8 Å². The lowest BCUT2D eigenvalue weighted by Crippen LogP contribution is -2.48. The van der Waals surface area contributed by atoms with Crippen LogP contribution in [0.15, 0.2) is 66.7 Å². The molecule has 0 aliphatic carbocycles. The van der Waals surface area contributed by atoms with Crippen LogP contribution < -0.4 is 10.6 Å². The first-order valence-corrected chi connectivity index (χ1v) is 13.9. The van der Waals surface area contributed by atoms with Crippen molar-refractivity contribution in [2.45, 2.75) is 38.0 Å². The van der Waals surface area contributed by atoms with E-state index in [-0.39, 0.29) is 29.7 Å². The minimum atomic E-state index is -0.619. The minimum Gasteiger partial charge on any atom is -0.360 e. The van der Waals surface area contributed by atoms with Crippen LogP contribution in [0, 0.1) is 10.1 Å². The number of aromatic amines is 1. The topological polar surface area (TPSA) is 140 Å². The maximum atomic E-state index is 13.7. The number of carbonyl (C=O) groups excluding carboxylic acids is 2. The van der Waals surface area contributed by atoms with Crippen molar-refractivity contribution in [3.63, 3.8) is 0 Å². The van der Waals surface area contributed by atoms with Gasteiger partial charge in [0, 0.05) is 42.9 Å². The molecule has 12 heteroatoms. The van der Waals surface area contributed by atoms with Gasteiger partial charge in [0.2, 0.25) is 0 Å². The van der Waals surface area contributed by atoms with Gasteiger partial charge in [-0.25, -0.2) is 4.79 Å². The quantitative estimate of drug-likeness (QED) is 0.211. The Morgan fingerprint density at radius 1 is 1.17 bits per heavy atom. The Balaban J connectivity index is 1.27. The van der Waals surface area contributed by atoms with E-state index < -0.39 is 10.5 Å². The van der Waals surface area contributed by atoms with E-state index in [2.05, 4.69) is 25.7 Å². The van der Waals surface area contributed by atoms with E-state index in [1.54, 1.807) is 4.90 Å². The van der Waals surface area contributed by atoms with E-state index in [9.17, 15) is 19.7 Å². The van der Waals surface area contributed by atoms with Crippen molar-refractivity contribution in [1.82, 2.24) is 30.2 Å². The third kappa shape index (κ3) is 5.84. The Kier molecular flexibility index (Phi) is 7.99. The molecule has 0 saturated carbocycles. The van der Waals surface area contributed by atoms with Crippen molar-refractivity contribution >= 4 is 23.4 Å². The summed E-state index contributed by atoms with van der Waals surface area (Å²) in [4.78, 5) is 42.8. The number of aromatic nitrogens is 2. The molecule has 42 heavy (non-hydrogen) atoms. The molecule has 3 amide bonds. The molecular weight excluding hydrogens is 536 g/mol. The predicted octanol–water partition coefficient (Wildman–Crippen LogP) is 3.87. The smallest absolute Gasteiger partial charge is 0.319 e. The fourth-order valence-electron chi connectivity index (χ4n) is 5.54. The molecule has 2 atom stereocenters. The highest BCUT2D eigenvalue weighted by molar-refractivity contribution is 5.94. The fraction of sp³-hybridized carbons (Fsp3) is 0.367. The van der Waals surface area contributed by atoms with Crippen molar-refractivity contribution in [2.75, 3.05) is 39.0 Å². The first-order valence-electron chi connectivity index (χ1n) is 13.9. The zero-order chi connectivity index (χ0) is 30.0. The Hall–Kier alpha value is -4.71. The van der Waals surface area contributed by atoms with Crippen molar-refractivity contribution in [2.24, 2.45) is 0 Å². The Labute approximate surface area is 244 Å². The van der Waals surface area contributed by atoms with Gasteiger partial charge in [-0.05, 0) is 45.6 Å². The maximum Gasteiger partial charge on any atom is 0.319 e. The minimum absolute atomic E-state index is 0.0593. The number of nitrogens with zero attached hydrogens (tertiary/aromatic N) is 5. The van der Waals surface area contributed by atoms with Gasteiger partial charge in [-0.3, -0.25) is 20.0 Å². The van der Waals surface area contributed by atoms with E-state index in [1.165, 1.54) is 24.3 Å². The molecule has 2 aliphatic heterocycles. The highest BCUT2D eigenvalue weighted by atomic mass is 16.6. The highest BCUT2D eigenvalue weighted by Crippen LogP contribution is 2.41. The molecule has 5 rings (SSSR count). The van der Waals surface area contributed by atoms with Crippen molar-refractivity contribution in [1.29, 1.82) is 0 Å². The number of amides is 3. The summed E-state index contributed by atoms with van der Waals surface area (Å²) >= 11 is 0. The number of nitro groups is 1. The van der Waals surface area contributed by atoms with E-state index in [1.807, 2.05) is 75.3 Å². The summed E-state index contributed by atoms with van der Waals surface area (Å²) in [5, 5.41) is 25.3. The number of nitrogens with one attached hydrogen (secondary N) is 3. The van der Waals surface area contributed by atoms with E-state index >= 15 is 0 Å². The number of likely N-dealkylation sites (N-methyl/N-ethyl adjacent to an activating group) is 1. The van der Waals surface area contributed by atoms with Gasteiger partial charge in [0.15, 0.2) is 5.82 Å². The van der Waals surface area contributed by atoms with Gasteiger partial charge in [-0.15, -0.1) is 0 Å². The summed E-state index contributed by atoms with van der Waals surface area (Å²) < 4.78 is 0. The Morgan fingerprint density at radius 3 is 2.55 bits per heavy atom. The standard InChI is InChI=1S/C30H36N8O4/c1-30(2)26-24(18-37(30)29(40)32-25(19-35(3)4)20-9-6-5-7-10-20)27(34-33-26)31-22-11-8-16-36(17-22)28(39)21-12-14-23(15-13-21)38(41)42/h5-15,22,25H,16-19H2,1-4H3,(H,32,40)(H2,31,33,34)/t22?,25-/m1/s1. The number of fused-ring (bicyclic) bond motifs is 1. The van der Waals surface area contributed by atoms with Crippen LogP contribution in [0.1, 0.15) is 47.1 Å². The lowest BCUT2D eigenvalue weighted by molar-refractivity contribution is -0.384. The summed E-state index contributed by atoms with van der Waals surface area (Å²) in [6, 6.07) is 15.0. The van der Waals surface area contributed by atoms with Gasteiger partial charge < -0.3 is 25.3 Å². The Morgan fingerprint density at radius 2 is 1.88 bits per heavy atom. The molecule has 3 aromatic rings. The van der Waals surface area contributed by atoms with Crippen LogP contribution in [0.5, 0.6) is 0 Å². The van der Waals surface area contributed by atoms with Crippen LogP contribution in [0.3, 0.4) is 0 Å². The molecule has 1 unspecified atom stereocenters. The number of nitro benzene ring substituents is 1. The molecule has 0 spiro atoms. The van der Waals surface area contributed by atoms with Gasteiger partial charge in [0.1, 0.15) is 0 Å². The van der Waals surface area contributed by atoms with Gasteiger partial charge in [-0.2, -0.15) is 5.10 Å². The first-order chi connectivity index (χ1) is 20.0. The van der Waals surface area contributed by atoms with Gasteiger partial charge in [-0.1, -0.05) is 42.5 Å². The van der Waals surface area contributed by atoms with Crippen molar-refractivity contribution < 1.29 is 14.5 Å². The maximum absolute atomic E-state index is 13.7. The molecule has 0 bridgehead atoms. The number of urea groups is 1. The average molecular weight is 573 g/mol. The zero-order valence-corrected chi connectivity index (χ0v) is 24.2. The average Bonchev–Trinajstić information content (AvgIpc) is 3.50. The first kappa shape index (κ1) is 28.8. The largest absolute Gasteiger partial charge is 0.360 e. The second-order valence-electron chi connectivity index (χ2n) is 11.4. The second-order valence-corrected chi connectivity index (χ2v) is 11.4. The molecule has 3 N–H and O–H groups in total. The third-order valence-corrected chi connectivity index (χ3v) is 7.81. The molecule has 0 saturated heterocycles. The molecule has 0 radical (unpaired) electrons. The van der Waals surface area contributed by atoms with Crippen molar-refractivity contribution in [3.05, 3.63) is 99.2 Å². The van der Waals surface area contributed by atoms with Crippen LogP contribution in [0.2, 0.25) is 0 Å². The van der Waals surface area contributed by atoms with Gasteiger partial charge in [0.25, 0.3) is 11.6 Å². The van der Waals surface area contributed by atoms with E-state index in [4.69, 9.17) is 0 Å². The molecule has 2 aliphatic rings. The normalized spacial score (nSPS) is 18.1. The molecule has 3 heterocycles. The number of carbonyl (C=O) groups is 2. The van der Waals surface area contributed by atoms with Crippen LogP contribution in [-0.4, -0.2) is 81.5 Å². The number of anilines is 1. The molecule has 1 aromatic heterocycles. The number of rotatable bonds is 8. The van der Waals surface area contributed by atoms with Crippen LogP contribution in [0.25, 0.3) is 0 Å². The summed E-state index contributed by atoms with van der Waals surface area (Å²) in [6.45, 7) is 5.85. The fourth-order valence-corrected chi connectivity index (χ4v) is 5.54. The van der Waals surface area contributed by atoms with Crippen molar-refractivity contribution in [3.8, 4) is 0 Å². The van der Waals surface area contributed by atoms with E-state index in [0.717, 1.165) is 16.8 Å². The van der Waals surface area contributed by atoms with Gasteiger partial charge >= 0.3 is 6.03 Å². The number of hydrogen-bond donors (Lipinski definition) is 3. The summed E-state index contributed by atoms with van der Waals surface area (Å²) in [5.74, 6) is 0.434. The lowest BCUT2D eigenvalue weighted by Gasteiger charge is -2.34. The van der Waals surface area contributed by atoms with Crippen LogP contribution in [0.4, 0.5) is 16.3 Å². The Bertz CT molecular complexity index is 1480. The summed E-state index contributed by atoms with van der Waals surface area (Å²) in [6.07, 6.45) is 3.91. The zero-order valence-electron chi connectivity index (χ0n) is 24.2. The number of benzene rings is 2. The third-order valence-electron chi connectivity index (χ3n) is 7.81. The number of hydrogen-bond acceptors (Lipinski definition) is 7. The predicted molar refractivity (Wildman–Crippen MR) is 159 cm³/mol. The SMILES string of the molecule is CN(C)C[C@@H](NC(=O)N1Cc2c(NC3C=CCN(C(=O)c4ccc([N+](=O)[O-])cc4)C3)n[nH]c2C1(C)C)c1ccccc1. The summed E-state index contributed by atoms with van der Waals surface area (Å²) in [7, 11) is 3.97. The van der Waals surface area contributed by atoms with E-state index in [0.29, 0.717) is 37.6 Å². The van der Waals surface area contributed by atoms with Crippen LogP contribution in [-0.2, 0) is 12.1 Å². The number of non-ortho nitro benzene ring substituents is 1. The highest BCUT2D eigenvalue weighted by Gasteiger charge is 2.44. The molecule has 2 aromatic carbocycles. The number of H-pyrrole nitrogens is 1. The second kappa shape index (κ2) is 11.6. The molecule has 0 fully saturated rings. The molecule has 12 nitrogen and oxygen atoms in total. The summed E-state index contributed by atoms with van der Waals surface area (Å²) in [5.41, 5.74) is 2.52. The molecule has 220 valence electrons.